The van der Waals surface area contributed by atoms with E-state index >= 15 is 0 Å². The van der Waals surface area contributed by atoms with Crippen LogP contribution in [0.25, 0.3) is 0 Å². The van der Waals surface area contributed by atoms with Gasteiger partial charge in [0.05, 0.1) is 38.5 Å². The van der Waals surface area contributed by atoms with Gasteiger partial charge in [-0.25, -0.2) is 0 Å². The lowest BCUT2D eigenvalue weighted by atomic mass is 10.1. The molecule has 4 amide bonds. The summed E-state index contributed by atoms with van der Waals surface area (Å²) < 4.78 is 5.46. The van der Waals surface area contributed by atoms with E-state index in [9.17, 15) is 28.8 Å². The third-order valence-corrected chi connectivity index (χ3v) is 9.88. The van der Waals surface area contributed by atoms with Gasteiger partial charge in [-0.1, -0.05) is 81.2 Å². The zero-order valence-electron chi connectivity index (χ0n) is 32.3. The topological polar surface area (TPSA) is 209 Å². The van der Waals surface area contributed by atoms with Gasteiger partial charge in [0, 0.05) is 43.0 Å². The number of benzene rings is 5. The van der Waals surface area contributed by atoms with Crippen LogP contribution < -0.4 is 26.0 Å². The molecule has 5 aromatic rings. The highest BCUT2D eigenvalue weighted by atomic mass is 35.5. The van der Waals surface area contributed by atoms with Crippen LogP contribution in [-0.2, 0) is 19.2 Å². The average Bonchev–Trinajstić information content (AvgIpc) is 3.21. The number of anilines is 4. The van der Waals surface area contributed by atoms with Gasteiger partial charge in [0.25, 0.3) is 23.6 Å². The molecular formula is C41H29Cl7N8O7. The van der Waals surface area contributed by atoms with Crippen LogP contribution in [0.2, 0.25) is 30.1 Å². The lowest BCUT2D eigenvalue weighted by Gasteiger charge is -2.15. The van der Waals surface area contributed by atoms with Gasteiger partial charge >= 0.3 is 0 Å². The first-order valence-corrected chi connectivity index (χ1v) is 20.6. The molecule has 4 N–H and O–H groups in total. The zero-order chi connectivity index (χ0) is 46.0. The molecule has 2 atom stereocenters. The highest BCUT2D eigenvalue weighted by Crippen LogP contribution is 2.32. The maximum atomic E-state index is 13.4. The van der Waals surface area contributed by atoms with Crippen molar-refractivity contribution in [3.05, 3.63) is 132 Å². The van der Waals surface area contributed by atoms with Gasteiger partial charge in [-0.2, -0.15) is 20.5 Å². The highest BCUT2D eigenvalue weighted by molar-refractivity contribution is 6.37. The summed E-state index contributed by atoms with van der Waals surface area (Å²) in [7, 11) is 0. The van der Waals surface area contributed by atoms with E-state index in [0.29, 0.717) is 10.0 Å². The molecule has 0 saturated carbocycles. The Bertz CT molecular complexity index is 2700. The van der Waals surface area contributed by atoms with Gasteiger partial charge in [-0.15, -0.1) is 0 Å². The number of nitrogens with zero attached hydrogens (tertiary/aromatic N) is 4. The van der Waals surface area contributed by atoms with Crippen molar-refractivity contribution in [1.29, 1.82) is 0 Å². The number of carbonyl (C=O) groups is 6. The van der Waals surface area contributed by atoms with Crippen LogP contribution in [-0.4, -0.2) is 53.3 Å². The SMILES string of the molecule is CC(=O)C(N=Nc1cc(Cl)cc(C(=O)Nc2cc(Cl)ccc2Cl)c1)C(=O)Nc1ccc(NC(=O)C(N=Nc2cc(Cl)cc(C(=O)Nc3cc(Cl)ccc3Cl)c2)C(C)=O)c(OCCl)c1. The number of hydrogen-bond donors (Lipinski definition) is 4. The molecule has 0 bridgehead atoms. The summed E-state index contributed by atoms with van der Waals surface area (Å²) in [4.78, 5) is 77.9. The molecule has 5 aromatic carbocycles. The minimum atomic E-state index is -1.68. The number of rotatable bonds is 16. The standard InChI is InChI=1S/C41H29Cl7N8O7/c1-19(57)36(55-53-28-11-21(9-25(45)13-28)38(59)51-33-15-23(43)3-6-30(33)47)40(61)49-27-5-8-32(35(17-27)63-18-42)50-41(62)37(20(2)58)56-54-29-12-22(10-26(46)14-29)39(60)52-34-16-24(44)4-7-31(34)48/h3-17,36-37H,18H2,1-2H3,(H,49,61)(H,50,62)(H,51,59)(H,52,60). The summed E-state index contributed by atoms with van der Waals surface area (Å²) in [5.74, 6) is -4.47. The lowest BCUT2D eigenvalue weighted by Crippen LogP contribution is -2.32. The molecule has 63 heavy (non-hydrogen) atoms. The first-order chi connectivity index (χ1) is 29.9. The fourth-order valence-corrected chi connectivity index (χ4v) is 6.53. The fourth-order valence-electron chi connectivity index (χ4n) is 5.28. The zero-order valence-corrected chi connectivity index (χ0v) is 37.6. The molecule has 324 valence electrons. The normalized spacial score (nSPS) is 12.1. The van der Waals surface area contributed by atoms with Crippen LogP contribution in [0.4, 0.5) is 34.1 Å². The Morgan fingerprint density at radius 2 is 0.984 bits per heavy atom. The minimum absolute atomic E-state index is 0.0164. The molecule has 0 saturated heterocycles. The molecule has 0 fully saturated rings. The van der Waals surface area contributed by atoms with E-state index in [4.69, 9.17) is 85.9 Å². The first-order valence-electron chi connectivity index (χ1n) is 17.8. The largest absolute Gasteiger partial charge is 0.476 e. The third kappa shape index (κ3) is 13.7. The van der Waals surface area contributed by atoms with Crippen LogP contribution in [0.15, 0.2) is 111 Å². The maximum absolute atomic E-state index is 13.4. The average molecular weight is 994 g/mol. The predicted molar refractivity (Wildman–Crippen MR) is 245 cm³/mol. The molecule has 0 spiro atoms. The summed E-state index contributed by atoms with van der Waals surface area (Å²) >= 11 is 42.7. The van der Waals surface area contributed by atoms with Gasteiger partial charge in [0.1, 0.15) is 5.75 Å². The van der Waals surface area contributed by atoms with Gasteiger partial charge < -0.3 is 26.0 Å². The van der Waals surface area contributed by atoms with Crippen molar-refractivity contribution < 1.29 is 33.5 Å². The molecule has 0 aliphatic heterocycles. The molecular weight excluding hydrogens is 965 g/mol. The first kappa shape index (κ1) is 48.4. The molecule has 0 heterocycles. The van der Waals surface area contributed by atoms with Crippen molar-refractivity contribution in [2.75, 3.05) is 27.3 Å². The van der Waals surface area contributed by atoms with E-state index in [0.717, 1.165) is 13.8 Å². The summed E-state index contributed by atoms with van der Waals surface area (Å²) in [5, 5.41) is 27.5. The van der Waals surface area contributed by atoms with Crippen LogP contribution in [0.3, 0.4) is 0 Å². The van der Waals surface area contributed by atoms with Crippen LogP contribution in [0.1, 0.15) is 34.6 Å². The molecule has 0 radical (unpaired) electrons. The Balaban J connectivity index is 1.28. The van der Waals surface area contributed by atoms with E-state index in [1.54, 1.807) is 12.1 Å². The highest BCUT2D eigenvalue weighted by Gasteiger charge is 2.26. The second-order valence-electron chi connectivity index (χ2n) is 13.0. The monoisotopic (exact) mass is 990 g/mol. The van der Waals surface area contributed by atoms with Gasteiger partial charge in [0.15, 0.2) is 17.6 Å². The molecule has 5 rings (SSSR count). The summed E-state index contributed by atoms with van der Waals surface area (Å²) in [6.07, 6.45) is 0. The van der Waals surface area contributed by atoms with Crippen molar-refractivity contribution in [3.63, 3.8) is 0 Å². The van der Waals surface area contributed by atoms with Gasteiger partial charge in [0.2, 0.25) is 12.1 Å². The summed E-state index contributed by atoms with van der Waals surface area (Å²) in [5.41, 5.74) is 0.806. The molecule has 15 nitrogen and oxygen atoms in total. The fraction of sp³-hybridized carbons (Fsp3) is 0.122. The number of nitrogens with one attached hydrogen (secondary N) is 4. The molecule has 0 aromatic heterocycles. The Morgan fingerprint density at radius 3 is 1.43 bits per heavy atom. The second kappa shape index (κ2) is 22.1. The van der Waals surface area contributed by atoms with Crippen LogP contribution in [0, 0.1) is 0 Å². The Labute approximate surface area is 393 Å². The number of azo groups is 2. The number of halogens is 7. The Hall–Kier alpha value is -5.65. The van der Waals surface area contributed by atoms with Crippen molar-refractivity contribution in [2.24, 2.45) is 20.5 Å². The lowest BCUT2D eigenvalue weighted by molar-refractivity contribution is -0.127. The van der Waals surface area contributed by atoms with E-state index in [2.05, 4.69) is 41.7 Å². The summed E-state index contributed by atoms with van der Waals surface area (Å²) in [6, 6.07) is 17.4. The molecule has 0 aliphatic carbocycles. The van der Waals surface area contributed by atoms with E-state index in [-0.39, 0.29) is 71.1 Å². The Kier molecular flexibility index (Phi) is 17.0. The minimum Gasteiger partial charge on any atom is -0.476 e. The van der Waals surface area contributed by atoms with Crippen molar-refractivity contribution in [1.82, 2.24) is 0 Å². The quantitative estimate of drug-likeness (QED) is 0.0426. The number of hydrogen-bond acceptors (Lipinski definition) is 11. The smallest absolute Gasteiger partial charge is 0.258 e. The molecule has 0 aliphatic rings. The predicted octanol–water partition coefficient (Wildman–Crippen LogP) is 12.0. The van der Waals surface area contributed by atoms with Crippen molar-refractivity contribution in [3.8, 4) is 5.75 Å². The van der Waals surface area contributed by atoms with Crippen molar-refractivity contribution >= 4 is 151 Å². The van der Waals surface area contributed by atoms with Crippen molar-refractivity contribution in [2.45, 2.75) is 25.9 Å². The maximum Gasteiger partial charge on any atom is 0.258 e. The second-order valence-corrected chi connectivity index (χ2v) is 15.7. The third-order valence-electron chi connectivity index (χ3n) is 8.20. The van der Waals surface area contributed by atoms with E-state index in [1.807, 2.05) is 0 Å². The van der Waals surface area contributed by atoms with Crippen LogP contribution >= 0.6 is 81.2 Å². The van der Waals surface area contributed by atoms with E-state index in [1.165, 1.54) is 78.9 Å². The number of ether oxygens (including phenoxy) is 1. The number of alkyl halides is 1. The number of amides is 4. The summed E-state index contributed by atoms with van der Waals surface area (Å²) in [6.45, 7) is 2.24. The molecule has 22 heteroatoms. The van der Waals surface area contributed by atoms with Crippen LogP contribution in [0.5, 0.6) is 5.75 Å². The van der Waals surface area contributed by atoms with Gasteiger partial charge in [-0.3, -0.25) is 28.8 Å². The molecule has 2 unspecified atom stereocenters. The number of carbonyl (C=O) groups excluding carboxylic acids is 6. The number of ketones is 2. The van der Waals surface area contributed by atoms with E-state index < -0.39 is 53.3 Å². The Morgan fingerprint density at radius 1 is 0.524 bits per heavy atom. The number of Topliss-reactive ketones (excluding diaryl/α,β-unsaturated/α-hetero) is 2. The van der Waals surface area contributed by atoms with Gasteiger partial charge in [-0.05, 0) is 98.8 Å².